The largest absolute Gasteiger partial charge is 0.454 e. The molecule has 3 nitrogen and oxygen atoms in total. The summed E-state index contributed by atoms with van der Waals surface area (Å²) in [5, 5.41) is 9.70. The third-order valence-electron chi connectivity index (χ3n) is 2.54. The molecule has 0 saturated carbocycles. The van der Waals surface area contributed by atoms with E-state index in [4.69, 9.17) is 21.6 Å². The van der Waals surface area contributed by atoms with Crippen molar-refractivity contribution < 1.29 is 4.74 Å². The van der Waals surface area contributed by atoms with Gasteiger partial charge in [-0.05, 0) is 43.2 Å². The molecule has 0 aliphatic carbocycles. The Morgan fingerprint density at radius 2 is 1.94 bits per heavy atom. The molecule has 0 unspecified atom stereocenters. The molecule has 0 fully saturated rings. The topological polar surface area (TPSA) is 45.9 Å². The molecule has 0 atom stereocenters. The van der Waals surface area contributed by atoms with E-state index in [9.17, 15) is 0 Å². The van der Waals surface area contributed by atoms with Crippen LogP contribution in [0.5, 0.6) is 11.5 Å². The van der Waals surface area contributed by atoms with Crippen LogP contribution in [0.1, 0.15) is 16.7 Å². The summed E-state index contributed by atoms with van der Waals surface area (Å²) in [4.78, 5) is 3.95. The number of nitrogens with zero attached hydrogens (tertiary/aromatic N) is 2. The first kappa shape index (κ1) is 12.4. The zero-order valence-corrected chi connectivity index (χ0v) is 10.8. The standard InChI is InChI=1S/C14H11ClN2O/c1-9-5-12(6-10(2)14(9)15)18-13-8-17-4-3-11(13)7-16/h3-6,8H,1-2H3. The molecule has 18 heavy (non-hydrogen) atoms. The zero-order chi connectivity index (χ0) is 13.1. The summed E-state index contributed by atoms with van der Waals surface area (Å²) in [5.41, 5.74) is 2.33. The second-order valence-electron chi connectivity index (χ2n) is 3.96. The average Bonchev–Trinajstić information content (AvgIpc) is 2.36. The molecule has 0 aliphatic heterocycles. The fraction of sp³-hybridized carbons (Fsp3) is 0.143. The van der Waals surface area contributed by atoms with E-state index in [2.05, 4.69) is 11.1 Å². The number of halogens is 1. The highest BCUT2D eigenvalue weighted by Gasteiger charge is 2.07. The number of pyridine rings is 1. The van der Waals surface area contributed by atoms with Crippen molar-refractivity contribution in [2.24, 2.45) is 0 Å². The second kappa shape index (κ2) is 5.07. The lowest BCUT2D eigenvalue weighted by atomic mass is 10.1. The van der Waals surface area contributed by atoms with Crippen molar-refractivity contribution in [3.05, 3.63) is 52.3 Å². The Bertz CT molecular complexity index is 609. The third kappa shape index (κ3) is 2.44. The maximum atomic E-state index is 8.97. The maximum absolute atomic E-state index is 8.97. The van der Waals surface area contributed by atoms with Crippen LogP contribution in [-0.2, 0) is 0 Å². The summed E-state index contributed by atoms with van der Waals surface area (Å²) in [7, 11) is 0. The first-order chi connectivity index (χ1) is 8.61. The lowest BCUT2D eigenvalue weighted by Crippen LogP contribution is -1.91. The summed E-state index contributed by atoms with van der Waals surface area (Å²) >= 11 is 6.09. The van der Waals surface area contributed by atoms with Crippen LogP contribution in [0.15, 0.2) is 30.6 Å². The van der Waals surface area contributed by atoms with Gasteiger partial charge in [-0.3, -0.25) is 4.98 Å². The van der Waals surface area contributed by atoms with Gasteiger partial charge in [0.2, 0.25) is 0 Å². The van der Waals surface area contributed by atoms with Crippen molar-refractivity contribution in [3.8, 4) is 17.6 Å². The molecule has 0 amide bonds. The quantitative estimate of drug-likeness (QED) is 0.817. The monoisotopic (exact) mass is 258 g/mol. The van der Waals surface area contributed by atoms with Crippen LogP contribution < -0.4 is 4.74 Å². The highest BCUT2D eigenvalue weighted by atomic mass is 35.5. The Labute approximate surface area is 111 Å². The van der Waals surface area contributed by atoms with E-state index >= 15 is 0 Å². The molecule has 0 spiro atoms. The minimum absolute atomic E-state index is 0.445. The minimum atomic E-state index is 0.445. The molecule has 0 radical (unpaired) electrons. The Morgan fingerprint density at radius 3 is 2.56 bits per heavy atom. The van der Waals surface area contributed by atoms with Gasteiger partial charge in [-0.2, -0.15) is 5.26 Å². The van der Waals surface area contributed by atoms with Crippen LogP contribution in [0.2, 0.25) is 5.02 Å². The van der Waals surface area contributed by atoms with Gasteiger partial charge in [0, 0.05) is 11.2 Å². The number of benzene rings is 1. The number of nitriles is 1. The fourth-order valence-electron chi connectivity index (χ4n) is 1.65. The van der Waals surface area contributed by atoms with Crippen LogP contribution in [0, 0.1) is 25.2 Å². The lowest BCUT2D eigenvalue weighted by molar-refractivity contribution is 0.478. The molecule has 4 heteroatoms. The first-order valence-corrected chi connectivity index (χ1v) is 5.78. The molecular formula is C14H11ClN2O. The van der Waals surface area contributed by atoms with Crippen molar-refractivity contribution >= 4 is 11.6 Å². The smallest absolute Gasteiger partial charge is 0.163 e. The van der Waals surface area contributed by atoms with E-state index in [0.717, 1.165) is 16.1 Å². The minimum Gasteiger partial charge on any atom is -0.454 e. The Hall–Kier alpha value is -2.05. The van der Waals surface area contributed by atoms with Gasteiger partial charge in [-0.1, -0.05) is 11.6 Å². The molecule has 0 aliphatic rings. The molecule has 1 heterocycles. The van der Waals surface area contributed by atoms with Gasteiger partial charge < -0.3 is 4.74 Å². The molecule has 0 N–H and O–H groups in total. The normalized spacial score (nSPS) is 9.89. The van der Waals surface area contributed by atoms with Crippen LogP contribution in [0.4, 0.5) is 0 Å². The highest BCUT2D eigenvalue weighted by Crippen LogP contribution is 2.30. The molecule has 90 valence electrons. The van der Waals surface area contributed by atoms with E-state index < -0.39 is 0 Å². The lowest BCUT2D eigenvalue weighted by Gasteiger charge is -2.10. The third-order valence-corrected chi connectivity index (χ3v) is 3.14. The van der Waals surface area contributed by atoms with E-state index in [0.29, 0.717) is 17.1 Å². The molecule has 2 rings (SSSR count). The Balaban J connectivity index is 2.38. The summed E-state index contributed by atoms with van der Waals surface area (Å²) in [6.07, 6.45) is 3.08. The highest BCUT2D eigenvalue weighted by molar-refractivity contribution is 6.32. The molecule has 1 aromatic carbocycles. The zero-order valence-electron chi connectivity index (χ0n) is 10.1. The molecule has 2 aromatic rings. The SMILES string of the molecule is Cc1cc(Oc2cnccc2C#N)cc(C)c1Cl. The predicted octanol–water partition coefficient (Wildman–Crippen LogP) is 4.02. The summed E-state index contributed by atoms with van der Waals surface area (Å²) < 4.78 is 5.67. The van der Waals surface area contributed by atoms with E-state index in [-0.39, 0.29) is 0 Å². The Morgan fingerprint density at radius 1 is 1.28 bits per heavy atom. The average molecular weight is 259 g/mol. The van der Waals surface area contributed by atoms with Gasteiger partial charge in [0.15, 0.2) is 5.75 Å². The van der Waals surface area contributed by atoms with Gasteiger partial charge in [0.05, 0.1) is 11.8 Å². The van der Waals surface area contributed by atoms with E-state index in [1.165, 1.54) is 6.20 Å². The summed E-state index contributed by atoms with van der Waals surface area (Å²) in [5.74, 6) is 1.10. The van der Waals surface area contributed by atoms with Gasteiger partial charge >= 0.3 is 0 Å². The Kier molecular flexibility index (Phi) is 3.50. The number of hydrogen-bond donors (Lipinski definition) is 0. The summed E-state index contributed by atoms with van der Waals surface area (Å²) in [6, 6.07) is 7.35. The summed E-state index contributed by atoms with van der Waals surface area (Å²) in [6.45, 7) is 3.83. The van der Waals surface area contributed by atoms with Crippen LogP contribution >= 0.6 is 11.6 Å². The van der Waals surface area contributed by atoms with Gasteiger partial charge in [0.25, 0.3) is 0 Å². The van der Waals surface area contributed by atoms with E-state index in [1.807, 2.05) is 26.0 Å². The number of aryl methyl sites for hydroxylation is 2. The molecule has 1 aromatic heterocycles. The second-order valence-corrected chi connectivity index (χ2v) is 4.33. The van der Waals surface area contributed by atoms with Crippen molar-refractivity contribution in [2.75, 3.05) is 0 Å². The number of hydrogen-bond acceptors (Lipinski definition) is 3. The number of ether oxygens (including phenoxy) is 1. The van der Waals surface area contributed by atoms with Crippen LogP contribution in [0.3, 0.4) is 0 Å². The van der Waals surface area contributed by atoms with Crippen molar-refractivity contribution in [3.63, 3.8) is 0 Å². The molecule has 0 bridgehead atoms. The van der Waals surface area contributed by atoms with Crippen LogP contribution in [-0.4, -0.2) is 4.98 Å². The van der Waals surface area contributed by atoms with Gasteiger partial charge in [0.1, 0.15) is 11.8 Å². The first-order valence-electron chi connectivity index (χ1n) is 5.40. The number of aromatic nitrogens is 1. The predicted molar refractivity (Wildman–Crippen MR) is 70.0 cm³/mol. The fourth-order valence-corrected chi connectivity index (χ4v) is 1.75. The molecule has 0 saturated heterocycles. The van der Waals surface area contributed by atoms with Crippen LogP contribution in [0.25, 0.3) is 0 Å². The van der Waals surface area contributed by atoms with Crippen molar-refractivity contribution in [2.45, 2.75) is 13.8 Å². The van der Waals surface area contributed by atoms with Crippen molar-refractivity contribution in [1.29, 1.82) is 5.26 Å². The van der Waals surface area contributed by atoms with Gasteiger partial charge in [-0.25, -0.2) is 0 Å². The maximum Gasteiger partial charge on any atom is 0.163 e. The van der Waals surface area contributed by atoms with E-state index in [1.54, 1.807) is 12.3 Å². The number of rotatable bonds is 2. The molecular weight excluding hydrogens is 248 g/mol. The van der Waals surface area contributed by atoms with Crippen molar-refractivity contribution in [1.82, 2.24) is 4.98 Å². The van der Waals surface area contributed by atoms with Gasteiger partial charge in [-0.15, -0.1) is 0 Å².